The Hall–Kier alpha value is -1.84. The molecule has 1 fully saturated rings. The van der Waals surface area contributed by atoms with Crippen molar-refractivity contribution in [1.82, 2.24) is 14.8 Å². The summed E-state index contributed by atoms with van der Waals surface area (Å²) in [5.41, 5.74) is 7.74. The molecule has 0 aliphatic heterocycles. The molecule has 1 aliphatic rings. The maximum atomic E-state index is 5.56. The van der Waals surface area contributed by atoms with E-state index in [1.165, 1.54) is 19.3 Å². The minimum atomic E-state index is 0.551. The van der Waals surface area contributed by atoms with Crippen molar-refractivity contribution in [3.05, 3.63) is 30.7 Å². The summed E-state index contributed by atoms with van der Waals surface area (Å²) >= 11 is 0. The number of nitrogen functional groups attached to an aromatic ring is 1. The standard InChI is InChI=1S/C12H14N4/c13-12-5-4-9(6-14-12)10-7-15-16(8-10)11-2-1-3-11/h4-8,11H,1-3H2,(H2,13,14). The number of hydrogen-bond acceptors (Lipinski definition) is 3. The second-order valence-electron chi connectivity index (χ2n) is 4.27. The molecule has 2 N–H and O–H groups in total. The van der Waals surface area contributed by atoms with Gasteiger partial charge < -0.3 is 5.73 Å². The lowest BCUT2D eigenvalue weighted by Gasteiger charge is -2.25. The Morgan fingerprint density at radius 1 is 1.19 bits per heavy atom. The van der Waals surface area contributed by atoms with Gasteiger partial charge in [-0.25, -0.2) is 4.98 Å². The molecule has 0 radical (unpaired) electrons. The Morgan fingerprint density at radius 2 is 2.06 bits per heavy atom. The van der Waals surface area contributed by atoms with E-state index in [2.05, 4.69) is 21.0 Å². The zero-order valence-corrected chi connectivity index (χ0v) is 9.00. The van der Waals surface area contributed by atoms with Crippen LogP contribution in [0.4, 0.5) is 5.82 Å². The van der Waals surface area contributed by atoms with Gasteiger partial charge in [-0.15, -0.1) is 0 Å². The van der Waals surface area contributed by atoms with E-state index in [1.807, 2.05) is 18.3 Å². The number of aromatic nitrogens is 3. The van der Waals surface area contributed by atoms with Gasteiger partial charge in [0.05, 0.1) is 12.2 Å². The van der Waals surface area contributed by atoms with E-state index >= 15 is 0 Å². The monoisotopic (exact) mass is 214 g/mol. The van der Waals surface area contributed by atoms with Crippen molar-refractivity contribution in [3.8, 4) is 11.1 Å². The summed E-state index contributed by atoms with van der Waals surface area (Å²) in [4.78, 5) is 4.08. The molecule has 16 heavy (non-hydrogen) atoms. The highest BCUT2D eigenvalue weighted by atomic mass is 15.3. The van der Waals surface area contributed by atoms with Gasteiger partial charge in [0.2, 0.25) is 0 Å². The average molecular weight is 214 g/mol. The first-order valence-corrected chi connectivity index (χ1v) is 5.59. The summed E-state index contributed by atoms with van der Waals surface area (Å²) in [7, 11) is 0. The van der Waals surface area contributed by atoms with E-state index in [-0.39, 0.29) is 0 Å². The maximum absolute atomic E-state index is 5.56. The number of hydrogen-bond donors (Lipinski definition) is 1. The van der Waals surface area contributed by atoms with Crippen LogP contribution in [0.15, 0.2) is 30.7 Å². The topological polar surface area (TPSA) is 56.7 Å². The zero-order valence-electron chi connectivity index (χ0n) is 9.00. The van der Waals surface area contributed by atoms with Crippen LogP contribution in [0.25, 0.3) is 11.1 Å². The van der Waals surface area contributed by atoms with Crippen LogP contribution in [0.2, 0.25) is 0 Å². The van der Waals surface area contributed by atoms with E-state index in [0.717, 1.165) is 11.1 Å². The van der Waals surface area contributed by atoms with Crippen molar-refractivity contribution in [2.75, 3.05) is 5.73 Å². The molecular formula is C12H14N4. The lowest BCUT2D eigenvalue weighted by molar-refractivity contribution is 0.289. The molecule has 0 amide bonds. The molecule has 0 atom stereocenters. The Balaban J connectivity index is 1.88. The summed E-state index contributed by atoms with van der Waals surface area (Å²) in [6, 6.07) is 4.40. The smallest absolute Gasteiger partial charge is 0.123 e. The summed E-state index contributed by atoms with van der Waals surface area (Å²) in [5, 5.41) is 4.39. The molecule has 3 rings (SSSR count). The van der Waals surface area contributed by atoms with Crippen molar-refractivity contribution in [2.24, 2.45) is 0 Å². The molecule has 0 aromatic carbocycles. The van der Waals surface area contributed by atoms with Crippen molar-refractivity contribution < 1.29 is 0 Å². The molecule has 0 saturated heterocycles. The highest BCUT2D eigenvalue weighted by molar-refractivity contribution is 5.61. The van der Waals surface area contributed by atoms with Gasteiger partial charge in [-0.05, 0) is 31.4 Å². The molecule has 2 heterocycles. The minimum Gasteiger partial charge on any atom is -0.384 e. The van der Waals surface area contributed by atoms with Crippen molar-refractivity contribution in [2.45, 2.75) is 25.3 Å². The Labute approximate surface area is 94.1 Å². The lowest BCUT2D eigenvalue weighted by atomic mass is 9.93. The van der Waals surface area contributed by atoms with Crippen LogP contribution in [-0.4, -0.2) is 14.8 Å². The normalized spacial score (nSPS) is 16.0. The van der Waals surface area contributed by atoms with E-state index in [9.17, 15) is 0 Å². The molecule has 0 spiro atoms. The fourth-order valence-corrected chi connectivity index (χ4v) is 1.91. The van der Waals surface area contributed by atoms with Gasteiger partial charge in [0, 0.05) is 23.5 Å². The Kier molecular flexibility index (Phi) is 2.13. The summed E-state index contributed by atoms with van der Waals surface area (Å²) in [6.45, 7) is 0. The number of pyridine rings is 1. The number of nitrogens with zero attached hydrogens (tertiary/aromatic N) is 3. The molecule has 4 nitrogen and oxygen atoms in total. The first-order chi connectivity index (χ1) is 7.83. The van der Waals surface area contributed by atoms with Gasteiger partial charge in [0.25, 0.3) is 0 Å². The van der Waals surface area contributed by atoms with Crippen LogP contribution in [0.1, 0.15) is 25.3 Å². The molecule has 2 aromatic rings. The van der Waals surface area contributed by atoms with Gasteiger partial charge in [0.15, 0.2) is 0 Å². The zero-order chi connectivity index (χ0) is 11.0. The van der Waals surface area contributed by atoms with Crippen LogP contribution in [0, 0.1) is 0 Å². The first kappa shape index (κ1) is 9.39. The van der Waals surface area contributed by atoms with Crippen LogP contribution in [0.5, 0.6) is 0 Å². The second kappa shape index (κ2) is 3.63. The Bertz CT molecular complexity index is 482. The molecule has 1 saturated carbocycles. The van der Waals surface area contributed by atoms with E-state index in [0.29, 0.717) is 11.9 Å². The van der Waals surface area contributed by atoms with Gasteiger partial charge in [0.1, 0.15) is 5.82 Å². The highest BCUT2D eigenvalue weighted by Gasteiger charge is 2.20. The molecule has 4 heteroatoms. The quantitative estimate of drug-likeness (QED) is 0.834. The fourth-order valence-electron chi connectivity index (χ4n) is 1.91. The maximum Gasteiger partial charge on any atom is 0.123 e. The SMILES string of the molecule is Nc1ccc(-c2cnn(C3CCC3)c2)cn1. The van der Waals surface area contributed by atoms with Crippen LogP contribution in [-0.2, 0) is 0 Å². The third-order valence-electron chi connectivity index (χ3n) is 3.17. The third kappa shape index (κ3) is 1.56. The summed E-state index contributed by atoms with van der Waals surface area (Å²) in [6.07, 6.45) is 9.60. The largest absolute Gasteiger partial charge is 0.384 e. The summed E-state index contributed by atoms with van der Waals surface area (Å²) < 4.78 is 2.06. The third-order valence-corrected chi connectivity index (χ3v) is 3.17. The van der Waals surface area contributed by atoms with Crippen LogP contribution >= 0.6 is 0 Å². The number of nitrogens with two attached hydrogens (primary N) is 1. The van der Waals surface area contributed by atoms with Crippen molar-refractivity contribution >= 4 is 5.82 Å². The van der Waals surface area contributed by atoms with Gasteiger partial charge >= 0.3 is 0 Å². The van der Waals surface area contributed by atoms with Gasteiger partial charge in [-0.3, -0.25) is 4.68 Å². The molecular weight excluding hydrogens is 200 g/mol. The van der Waals surface area contributed by atoms with E-state index in [4.69, 9.17) is 5.73 Å². The predicted octanol–water partition coefficient (Wildman–Crippen LogP) is 2.25. The fraction of sp³-hybridized carbons (Fsp3) is 0.333. The molecule has 1 aliphatic carbocycles. The number of rotatable bonds is 2. The average Bonchev–Trinajstić information content (AvgIpc) is 2.65. The Morgan fingerprint density at radius 3 is 2.69 bits per heavy atom. The first-order valence-electron chi connectivity index (χ1n) is 5.59. The van der Waals surface area contributed by atoms with Gasteiger partial charge in [-0.1, -0.05) is 0 Å². The lowest BCUT2D eigenvalue weighted by Crippen LogP contribution is -2.16. The van der Waals surface area contributed by atoms with Crippen molar-refractivity contribution in [3.63, 3.8) is 0 Å². The number of anilines is 1. The molecule has 82 valence electrons. The molecule has 2 aromatic heterocycles. The van der Waals surface area contributed by atoms with Gasteiger partial charge in [-0.2, -0.15) is 5.10 Å². The van der Waals surface area contributed by atoms with Crippen molar-refractivity contribution in [1.29, 1.82) is 0 Å². The minimum absolute atomic E-state index is 0.551. The second-order valence-corrected chi connectivity index (χ2v) is 4.27. The van der Waals surface area contributed by atoms with Crippen LogP contribution < -0.4 is 5.73 Å². The molecule has 0 unspecified atom stereocenters. The summed E-state index contributed by atoms with van der Waals surface area (Å²) in [5.74, 6) is 0.551. The van der Waals surface area contributed by atoms with E-state index in [1.54, 1.807) is 6.20 Å². The predicted molar refractivity (Wildman–Crippen MR) is 62.8 cm³/mol. The van der Waals surface area contributed by atoms with Crippen LogP contribution in [0.3, 0.4) is 0 Å². The molecule has 0 bridgehead atoms. The van der Waals surface area contributed by atoms with E-state index < -0.39 is 0 Å². The highest BCUT2D eigenvalue weighted by Crippen LogP contribution is 2.32.